The number of hydrogen-bond acceptors (Lipinski definition) is 3. The third-order valence-corrected chi connectivity index (χ3v) is 3.33. The van der Waals surface area contributed by atoms with Crippen LogP contribution >= 0.6 is 0 Å². The maximum atomic E-state index is 10.9. The third-order valence-electron chi connectivity index (χ3n) is 3.33. The Morgan fingerprint density at radius 2 is 2.00 bits per heavy atom. The molecular weight excluding hydrogens is 230 g/mol. The van der Waals surface area contributed by atoms with Crippen molar-refractivity contribution in [1.82, 2.24) is 0 Å². The average Bonchev–Trinajstić information content (AvgIpc) is 2.37. The lowest BCUT2D eigenvalue weighted by atomic mass is 9.88. The molecule has 0 aliphatic heterocycles. The topological polar surface area (TPSA) is 72.5 Å². The van der Waals surface area contributed by atoms with E-state index in [0.717, 1.165) is 11.3 Å². The van der Waals surface area contributed by atoms with Gasteiger partial charge in [0.25, 0.3) is 0 Å². The fourth-order valence-corrected chi connectivity index (χ4v) is 2.00. The van der Waals surface area contributed by atoms with E-state index in [1.165, 1.54) is 0 Å². The largest absolute Gasteiger partial charge is 0.496 e. The molecule has 3 atom stereocenters. The highest BCUT2D eigenvalue weighted by atomic mass is 16.5. The number of benzene rings is 1. The normalized spacial score (nSPS) is 15.8. The molecule has 4 heteroatoms. The number of carboxylic acid groups (broad SMARTS) is 1. The summed E-state index contributed by atoms with van der Waals surface area (Å²) in [6.07, 6.45) is 0.619. The molecule has 3 unspecified atom stereocenters. The minimum absolute atomic E-state index is 0.165. The first-order valence-electron chi connectivity index (χ1n) is 6.08. The van der Waals surface area contributed by atoms with Gasteiger partial charge in [0, 0.05) is 6.04 Å². The minimum atomic E-state index is -0.852. The molecular formula is C14H21NO3. The maximum Gasteiger partial charge on any atom is 0.307 e. The van der Waals surface area contributed by atoms with Crippen molar-refractivity contribution in [3.63, 3.8) is 0 Å². The zero-order valence-electron chi connectivity index (χ0n) is 11.1. The minimum Gasteiger partial charge on any atom is -0.496 e. The molecule has 1 aromatic rings. The van der Waals surface area contributed by atoms with Crippen molar-refractivity contribution in [2.75, 3.05) is 7.11 Å². The van der Waals surface area contributed by atoms with Crippen LogP contribution in [0.25, 0.3) is 0 Å². The molecule has 0 spiro atoms. The van der Waals surface area contributed by atoms with Gasteiger partial charge in [-0.15, -0.1) is 0 Å². The lowest BCUT2D eigenvalue weighted by Crippen LogP contribution is -2.34. The van der Waals surface area contributed by atoms with E-state index in [4.69, 9.17) is 15.6 Å². The number of nitrogens with two attached hydrogens (primary N) is 1. The van der Waals surface area contributed by atoms with Gasteiger partial charge >= 0.3 is 5.97 Å². The van der Waals surface area contributed by atoms with E-state index >= 15 is 0 Å². The first kappa shape index (κ1) is 14.5. The smallest absolute Gasteiger partial charge is 0.307 e. The molecule has 3 N–H and O–H groups in total. The maximum absolute atomic E-state index is 10.9. The first-order valence-corrected chi connectivity index (χ1v) is 6.08. The standard InChI is InChI=1S/C14H21NO3/c1-9(8-12(15)10(2)14(16)17)11-6-4-5-7-13(11)18-3/h4-7,9-10,12H,8,15H2,1-3H3,(H,16,17). The molecule has 100 valence electrons. The molecule has 0 bridgehead atoms. The summed E-state index contributed by atoms with van der Waals surface area (Å²) in [5.41, 5.74) is 6.99. The van der Waals surface area contributed by atoms with Gasteiger partial charge in [0.15, 0.2) is 0 Å². The van der Waals surface area contributed by atoms with Crippen LogP contribution in [0.4, 0.5) is 0 Å². The van der Waals surface area contributed by atoms with Gasteiger partial charge in [-0.05, 0) is 24.0 Å². The number of ether oxygens (including phenoxy) is 1. The molecule has 0 aliphatic rings. The van der Waals surface area contributed by atoms with E-state index in [2.05, 4.69) is 0 Å². The summed E-state index contributed by atoms with van der Waals surface area (Å²) in [5, 5.41) is 8.93. The van der Waals surface area contributed by atoms with Gasteiger partial charge in [0.05, 0.1) is 13.0 Å². The lowest BCUT2D eigenvalue weighted by molar-refractivity contribution is -0.141. The second-order valence-electron chi connectivity index (χ2n) is 4.67. The fourth-order valence-electron chi connectivity index (χ4n) is 2.00. The molecule has 0 aromatic heterocycles. The monoisotopic (exact) mass is 251 g/mol. The van der Waals surface area contributed by atoms with E-state index in [9.17, 15) is 4.79 Å². The molecule has 1 rings (SSSR count). The van der Waals surface area contributed by atoms with E-state index < -0.39 is 11.9 Å². The Labute approximate surface area is 108 Å². The summed E-state index contributed by atoms with van der Waals surface area (Å²) in [4.78, 5) is 10.9. The van der Waals surface area contributed by atoms with E-state index in [-0.39, 0.29) is 12.0 Å². The Morgan fingerprint density at radius 3 is 2.56 bits per heavy atom. The van der Waals surface area contributed by atoms with Crippen molar-refractivity contribution in [2.24, 2.45) is 11.7 Å². The molecule has 0 aliphatic carbocycles. The predicted octanol–water partition coefficient (Wildman–Crippen LogP) is 2.24. The lowest BCUT2D eigenvalue weighted by Gasteiger charge is -2.22. The van der Waals surface area contributed by atoms with Gasteiger partial charge in [-0.2, -0.15) is 0 Å². The predicted molar refractivity (Wildman–Crippen MR) is 70.8 cm³/mol. The highest BCUT2D eigenvalue weighted by Crippen LogP contribution is 2.29. The molecule has 0 heterocycles. The van der Waals surface area contributed by atoms with Crippen molar-refractivity contribution in [3.05, 3.63) is 29.8 Å². The summed E-state index contributed by atoms with van der Waals surface area (Å²) in [6.45, 7) is 3.67. The van der Waals surface area contributed by atoms with Crippen LogP contribution in [0.2, 0.25) is 0 Å². The SMILES string of the molecule is COc1ccccc1C(C)CC(N)C(C)C(=O)O. The fraction of sp³-hybridized carbons (Fsp3) is 0.500. The van der Waals surface area contributed by atoms with Crippen molar-refractivity contribution < 1.29 is 14.6 Å². The van der Waals surface area contributed by atoms with E-state index in [0.29, 0.717) is 6.42 Å². The Hall–Kier alpha value is -1.55. The number of carbonyl (C=O) groups is 1. The Kier molecular flexibility index (Phi) is 5.16. The Morgan fingerprint density at radius 1 is 1.39 bits per heavy atom. The average molecular weight is 251 g/mol. The van der Waals surface area contributed by atoms with Crippen LogP contribution in [-0.4, -0.2) is 24.2 Å². The quantitative estimate of drug-likeness (QED) is 0.813. The molecule has 0 saturated heterocycles. The summed E-state index contributed by atoms with van der Waals surface area (Å²) in [7, 11) is 1.63. The number of aliphatic carboxylic acids is 1. The Balaban J connectivity index is 2.76. The van der Waals surface area contributed by atoms with Gasteiger partial charge in [-0.25, -0.2) is 0 Å². The van der Waals surface area contributed by atoms with Crippen molar-refractivity contribution >= 4 is 5.97 Å². The van der Waals surface area contributed by atoms with Crippen molar-refractivity contribution in [1.29, 1.82) is 0 Å². The molecule has 0 saturated carbocycles. The van der Waals surface area contributed by atoms with Gasteiger partial charge in [-0.1, -0.05) is 32.0 Å². The van der Waals surface area contributed by atoms with Crippen molar-refractivity contribution in [2.45, 2.75) is 32.2 Å². The van der Waals surface area contributed by atoms with Crippen LogP contribution in [0.3, 0.4) is 0 Å². The number of carboxylic acids is 1. The van der Waals surface area contributed by atoms with Crippen molar-refractivity contribution in [3.8, 4) is 5.75 Å². The molecule has 0 radical (unpaired) electrons. The number of hydrogen-bond donors (Lipinski definition) is 2. The van der Waals surface area contributed by atoms with Gasteiger partial charge in [-0.3, -0.25) is 4.79 Å². The second kappa shape index (κ2) is 6.40. The number of rotatable bonds is 6. The van der Waals surface area contributed by atoms with Gasteiger partial charge in [0.2, 0.25) is 0 Å². The molecule has 4 nitrogen and oxygen atoms in total. The van der Waals surface area contributed by atoms with Crippen LogP contribution in [-0.2, 0) is 4.79 Å². The first-order chi connectivity index (χ1) is 8.47. The summed E-state index contributed by atoms with van der Waals surface area (Å²) >= 11 is 0. The molecule has 18 heavy (non-hydrogen) atoms. The number of para-hydroxylation sites is 1. The van der Waals surface area contributed by atoms with Gasteiger partial charge in [0.1, 0.15) is 5.75 Å². The van der Waals surface area contributed by atoms with Crippen LogP contribution in [0, 0.1) is 5.92 Å². The highest BCUT2D eigenvalue weighted by Gasteiger charge is 2.23. The molecule has 0 amide bonds. The van der Waals surface area contributed by atoms with Crippen LogP contribution in [0.5, 0.6) is 5.75 Å². The third kappa shape index (κ3) is 3.47. The van der Waals surface area contributed by atoms with Crippen LogP contribution in [0.1, 0.15) is 31.7 Å². The zero-order valence-corrected chi connectivity index (χ0v) is 11.1. The molecule has 0 fully saturated rings. The summed E-state index contributed by atoms with van der Waals surface area (Å²) < 4.78 is 5.30. The molecule has 1 aromatic carbocycles. The second-order valence-corrected chi connectivity index (χ2v) is 4.67. The number of methoxy groups -OCH3 is 1. The van der Waals surface area contributed by atoms with E-state index in [1.54, 1.807) is 14.0 Å². The zero-order chi connectivity index (χ0) is 13.7. The van der Waals surface area contributed by atoms with Gasteiger partial charge < -0.3 is 15.6 Å². The summed E-state index contributed by atoms with van der Waals surface area (Å²) in [5.74, 6) is -0.407. The van der Waals surface area contributed by atoms with Crippen LogP contribution in [0.15, 0.2) is 24.3 Å². The van der Waals surface area contributed by atoms with E-state index in [1.807, 2.05) is 31.2 Å². The summed E-state index contributed by atoms with van der Waals surface area (Å²) in [6, 6.07) is 7.39. The highest BCUT2D eigenvalue weighted by molar-refractivity contribution is 5.70. The Bertz CT molecular complexity index is 406. The van der Waals surface area contributed by atoms with Crippen LogP contribution < -0.4 is 10.5 Å².